The Kier molecular flexibility index (Phi) is 5.70. The molecule has 0 bridgehead atoms. The van der Waals surface area contributed by atoms with E-state index in [9.17, 15) is 0 Å². The molecule has 0 rings (SSSR count). The van der Waals surface area contributed by atoms with Gasteiger partial charge in [0.15, 0.2) is 0 Å². The quantitative estimate of drug-likeness (QED) is 0.540. The molecule has 0 saturated heterocycles. The second-order valence-corrected chi connectivity index (χ2v) is 2.13. The van der Waals surface area contributed by atoms with Gasteiger partial charge in [-0.1, -0.05) is 26.0 Å². The van der Waals surface area contributed by atoms with Gasteiger partial charge in [0.1, 0.15) is 0 Å². The van der Waals surface area contributed by atoms with E-state index in [-0.39, 0.29) is 0 Å². The smallest absolute Gasteiger partial charge is 0.0209 e. The van der Waals surface area contributed by atoms with Crippen LogP contribution in [0, 0.1) is 12.8 Å². The maximum absolute atomic E-state index is 3.63. The molecule has 0 N–H and O–H groups in total. The zero-order valence-electron chi connectivity index (χ0n) is 6.48. The summed E-state index contributed by atoms with van der Waals surface area (Å²) in [7, 11) is 0. The molecule has 0 atom stereocenters. The van der Waals surface area contributed by atoms with Gasteiger partial charge in [-0.05, 0) is 32.1 Å². The Balaban J connectivity index is 3.31. The summed E-state index contributed by atoms with van der Waals surface area (Å²) >= 11 is 0. The fourth-order valence-corrected chi connectivity index (χ4v) is 0.789. The highest BCUT2D eigenvalue weighted by molar-refractivity contribution is 4.97. The molecule has 0 spiro atoms. The van der Waals surface area contributed by atoms with Crippen molar-refractivity contribution in [2.75, 3.05) is 0 Å². The predicted molar refractivity (Wildman–Crippen MR) is 42.9 cm³/mol. The summed E-state index contributed by atoms with van der Waals surface area (Å²) in [5.74, 6) is 1.61. The lowest BCUT2D eigenvalue weighted by Crippen LogP contribution is -1.89. The highest BCUT2D eigenvalue weighted by atomic mass is 14.0. The minimum Gasteiger partial charge on any atom is -0.0882 e. The molecule has 52 valence electrons. The van der Waals surface area contributed by atoms with Crippen LogP contribution < -0.4 is 0 Å². The molecule has 0 saturated carbocycles. The zero-order valence-corrected chi connectivity index (χ0v) is 6.48. The largest absolute Gasteiger partial charge is 0.0882 e. The van der Waals surface area contributed by atoms with Crippen molar-refractivity contribution in [3.05, 3.63) is 25.0 Å². The van der Waals surface area contributed by atoms with Crippen LogP contribution in [0.3, 0.4) is 0 Å². The van der Waals surface area contributed by atoms with Gasteiger partial charge in [-0.25, -0.2) is 0 Å². The first-order valence-corrected chi connectivity index (χ1v) is 3.62. The van der Waals surface area contributed by atoms with Crippen LogP contribution in [0.4, 0.5) is 0 Å². The molecule has 0 aliphatic heterocycles. The average Bonchev–Trinajstić information content (AvgIpc) is 1.91. The molecule has 0 heteroatoms. The number of allylic oxidation sites excluding steroid dienone is 2. The molecule has 2 radical (unpaired) electrons. The van der Waals surface area contributed by atoms with Gasteiger partial charge in [-0.2, -0.15) is 0 Å². The monoisotopic (exact) mass is 124 g/mol. The Morgan fingerprint density at radius 3 is 2.22 bits per heavy atom. The van der Waals surface area contributed by atoms with Crippen molar-refractivity contribution in [2.45, 2.75) is 33.1 Å². The van der Waals surface area contributed by atoms with Gasteiger partial charge in [0.25, 0.3) is 0 Å². The first-order chi connectivity index (χ1) is 4.35. The highest BCUT2D eigenvalue weighted by Crippen LogP contribution is 2.14. The van der Waals surface area contributed by atoms with Crippen molar-refractivity contribution in [1.82, 2.24) is 0 Å². The van der Waals surface area contributed by atoms with E-state index in [0.29, 0.717) is 0 Å². The third kappa shape index (κ3) is 4.26. The topological polar surface area (TPSA) is 0 Å². The van der Waals surface area contributed by atoms with Crippen LogP contribution in [-0.2, 0) is 0 Å². The first-order valence-electron chi connectivity index (χ1n) is 3.62. The van der Waals surface area contributed by atoms with Crippen molar-refractivity contribution in [3.63, 3.8) is 0 Å². The zero-order chi connectivity index (χ0) is 7.11. The van der Waals surface area contributed by atoms with Crippen molar-refractivity contribution >= 4 is 0 Å². The van der Waals surface area contributed by atoms with E-state index in [1.54, 1.807) is 5.92 Å². The Morgan fingerprint density at radius 2 is 1.89 bits per heavy atom. The van der Waals surface area contributed by atoms with Gasteiger partial charge >= 0.3 is 0 Å². The van der Waals surface area contributed by atoms with Crippen molar-refractivity contribution in [2.24, 2.45) is 0 Å². The van der Waals surface area contributed by atoms with Gasteiger partial charge in [-0.3, -0.25) is 0 Å². The van der Waals surface area contributed by atoms with E-state index < -0.39 is 0 Å². The van der Waals surface area contributed by atoms with E-state index in [1.807, 2.05) is 6.08 Å². The fourth-order valence-electron chi connectivity index (χ4n) is 0.789. The molecule has 0 aliphatic rings. The lowest BCUT2D eigenvalue weighted by Gasteiger charge is -2.06. The molecule has 0 aromatic rings. The van der Waals surface area contributed by atoms with Crippen LogP contribution in [-0.4, -0.2) is 0 Å². The summed E-state index contributed by atoms with van der Waals surface area (Å²) in [6, 6.07) is 0. The molecule has 9 heavy (non-hydrogen) atoms. The normalized spacial score (nSPS) is 11.6. The van der Waals surface area contributed by atoms with E-state index in [4.69, 9.17) is 0 Å². The molecule has 0 aromatic carbocycles. The SMILES string of the molecule is [CH2]C=CC[C](CC)CC. The predicted octanol–water partition coefficient (Wildman–Crippen LogP) is 3.16. The van der Waals surface area contributed by atoms with Crippen molar-refractivity contribution < 1.29 is 0 Å². The molecule has 0 aromatic heterocycles. The molecule has 0 amide bonds. The van der Waals surface area contributed by atoms with Crippen molar-refractivity contribution in [1.29, 1.82) is 0 Å². The Hall–Kier alpha value is -0.260. The highest BCUT2D eigenvalue weighted by Gasteiger charge is 1.98. The third-order valence-electron chi connectivity index (χ3n) is 1.57. The minimum absolute atomic E-state index is 1.12. The summed E-state index contributed by atoms with van der Waals surface area (Å²) in [4.78, 5) is 0. The van der Waals surface area contributed by atoms with Gasteiger partial charge in [0, 0.05) is 0 Å². The Morgan fingerprint density at radius 1 is 1.33 bits per heavy atom. The van der Waals surface area contributed by atoms with Crippen LogP contribution in [0.25, 0.3) is 0 Å². The Labute approximate surface area is 59.0 Å². The number of hydrogen-bond donors (Lipinski definition) is 0. The standard InChI is InChI=1S/C9H16/c1-4-7-8-9(5-2)6-3/h4,7H,1,5-6,8H2,2-3H3. The molecule has 0 fully saturated rings. The van der Waals surface area contributed by atoms with Crippen LogP contribution in [0.1, 0.15) is 33.1 Å². The van der Waals surface area contributed by atoms with Crippen LogP contribution in [0.15, 0.2) is 12.2 Å². The lowest BCUT2D eigenvalue weighted by molar-refractivity contribution is 0.770. The Bertz CT molecular complexity index is 68.1. The minimum atomic E-state index is 1.12. The van der Waals surface area contributed by atoms with Gasteiger partial charge < -0.3 is 0 Å². The van der Waals surface area contributed by atoms with Gasteiger partial charge in [0.05, 0.1) is 0 Å². The number of rotatable bonds is 4. The lowest BCUT2D eigenvalue weighted by atomic mass is 10.00. The average molecular weight is 124 g/mol. The molecule has 0 heterocycles. The van der Waals surface area contributed by atoms with E-state index in [2.05, 4.69) is 26.8 Å². The van der Waals surface area contributed by atoms with Crippen LogP contribution in [0.2, 0.25) is 0 Å². The van der Waals surface area contributed by atoms with E-state index in [1.165, 1.54) is 12.8 Å². The summed E-state index contributed by atoms with van der Waals surface area (Å²) < 4.78 is 0. The molecule has 0 unspecified atom stereocenters. The molecule has 0 aliphatic carbocycles. The molecular formula is C9H16. The van der Waals surface area contributed by atoms with Gasteiger partial charge in [-0.15, -0.1) is 0 Å². The second kappa shape index (κ2) is 5.87. The van der Waals surface area contributed by atoms with E-state index >= 15 is 0 Å². The number of hydrogen-bond acceptors (Lipinski definition) is 0. The maximum atomic E-state index is 3.63. The first kappa shape index (κ1) is 8.74. The summed E-state index contributed by atoms with van der Waals surface area (Å²) in [5, 5.41) is 0. The summed E-state index contributed by atoms with van der Waals surface area (Å²) in [5.41, 5.74) is 0. The molecular weight excluding hydrogens is 108 g/mol. The van der Waals surface area contributed by atoms with Crippen LogP contribution in [0.5, 0.6) is 0 Å². The molecule has 0 nitrogen and oxygen atoms in total. The summed E-state index contributed by atoms with van der Waals surface area (Å²) in [6.45, 7) is 8.04. The third-order valence-corrected chi connectivity index (χ3v) is 1.57. The maximum Gasteiger partial charge on any atom is -0.0209 e. The summed E-state index contributed by atoms with van der Waals surface area (Å²) in [6.07, 6.45) is 7.52. The fraction of sp³-hybridized carbons (Fsp3) is 0.556. The van der Waals surface area contributed by atoms with Gasteiger partial charge in [0.2, 0.25) is 0 Å². The van der Waals surface area contributed by atoms with Crippen LogP contribution >= 0.6 is 0 Å². The van der Waals surface area contributed by atoms with Crippen molar-refractivity contribution in [3.8, 4) is 0 Å². The second-order valence-electron chi connectivity index (χ2n) is 2.13. The van der Waals surface area contributed by atoms with E-state index in [0.717, 1.165) is 6.42 Å².